The van der Waals surface area contributed by atoms with Gasteiger partial charge in [-0.1, -0.05) is 41.0 Å². The summed E-state index contributed by atoms with van der Waals surface area (Å²) in [4.78, 5) is 4.28. The van der Waals surface area contributed by atoms with Crippen molar-refractivity contribution in [3.63, 3.8) is 0 Å². The van der Waals surface area contributed by atoms with E-state index >= 15 is 0 Å². The second kappa shape index (κ2) is 5.69. The fourth-order valence-corrected chi connectivity index (χ4v) is 2.09. The summed E-state index contributed by atoms with van der Waals surface area (Å²) in [6.07, 6.45) is 0. The van der Waals surface area contributed by atoms with Crippen LogP contribution in [-0.2, 0) is 0 Å². The minimum absolute atomic E-state index is 0.295. The van der Waals surface area contributed by atoms with Gasteiger partial charge in [0.25, 0.3) is 5.89 Å². The smallest absolute Gasteiger partial charge is 0.423 e. The van der Waals surface area contributed by atoms with Gasteiger partial charge in [-0.3, -0.25) is 0 Å². The molecule has 0 unspecified atom stereocenters. The molecule has 0 bridgehead atoms. The molecule has 0 saturated heterocycles. The lowest BCUT2D eigenvalue weighted by Crippen LogP contribution is -2.31. The lowest BCUT2D eigenvalue weighted by atomic mass is 9.77. The van der Waals surface area contributed by atoms with Gasteiger partial charge in [0.15, 0.2) is 0 Å². The van der Waals surface area contributed by atoms with E-state index in [-0.39, 0.29) is 0 Å². The first-order chi connectivity index (χ1) is 10.1. The zero-order chi connectivity index (χ0) is 14.8. The largest absolute Gasteiger partial charge is 0.489 e. The Labute approximate surface area is 126 Å². The second-order valence-corrected chi connectivity index (χ2v) is 4.83. The lowest BCUT2D eigenvalue weighted by Gasteiger charge is -2.03. The van der Waals surface area contributed by atoms with Crippen LogP contribution in [0.4, 0.5) is 0 Å². The van der Waals surface area contributed by atoms with Gasteiger partial charge in [-0.15, -0.1) is 0 Å². The van der Waals surface area contributed by atoms with Crippen molar-refractivity contribution in [1.29, 1.82) is 0 Å². The molecule has 7 heteroatoms. The fraction of sp³-hybridized carbons (Fsp3) is 0. The highest BCUT2D eigenvalue weighted by molar-refractivity contribution is 6.60. The maximum Gasteiger partial charge on any atom is 0.489 e. The molecule has 2 aromatic carbocycles. The lowest BCUT2D eigenvalue weighted by molar-refractivity contribution is 0.425. The van der Waals surface area contributed by atoms with Crippen LogP contribution in [0.2, 0.25) is 5.02 Å². The van der Waals surface area contributed by atoms with Crippen molar-refractivity contribution in [3.8, 4) is 22.8 Å². The Morgan fingerprint density at radius 1 is 1.00 bits per heavy atom. The zero-order valence-electron chi connectivity index (χ0n) is 10.8. The Hall–Kier alpha value is -2.15. The molecule has 1 aromatic heterocycles. The minimum Gasteiger partial charge on any atom is -0.423 e. The fourth-order valence-electron chi connectivity index (χ4n) is 1.97. The number of hydrogen-bond acceptors (Lipinski definition) is 5. The molecule has 0 radical (unpaired) electrons. The molecule has 0 atom stereocenters. The number of benzene rings is 2. The van der Waals surface area contributed by atoms with Crippen LogP contribution >= 0.6 is 11.6 Å². The molecule has 0 saturated carbocycles. The predicted molar refractivity (Wildman–Crippen MR) is 80.0 cm³/mol. The summed E-state index contributed by atoms with van der Waals surface area (Å²) in [6.45, 7) is 0. The number of aromatic nitrogens is 2. The summed E-state index contributed by atoms with van der Waals surface area (Å²) < 4.78 is 5.21. The highest BCUT2D eigenvalue weighted by Crippen LogP contribution is 2.22. The Bertz CT molecular complexity index is 759. The monoisotopic (exact) mass is 300 g/mol. The third-order valence-corrected chi connectivity index (χ3v) is 3.25. The molecule has 2 N–H and O–H groups in total. The second-order valence-electron chi connectivity index (χ2n) is 4.39. The van der Waals surface area contributed by atoms with Gasteiger partial charge in [-0.2, -0.15) is 4.98 Å². The first-order valence-electron chi connectivity index (χ1n) is 6.20. The van der Waals surface area contributed by atoms with Crippen LogP contribution in [0.15, 0.2) is 53.1 Å². The Morgan fingerprint density at radius 3 is 2.43 bits per heavy atom. The summed E-state index contributed by atoms with van der Waals surface area (Å²) in [7, 11) is -1.60. The van der Waals surface area contributed by atoms with Crippen molar-refractivity contribution in [2.24, 2.45) is 0 Å². The zero-order valence-corrected chi connectivity index (χ0v) is 11.5. The van der Waals surface area contributed by atoms with Crippen LogP contribution < -0.4 is 5.46 Å². The van der Waals surface area contributed by atoms with Gasteiger partial charge in [-0.05, 0) is 29.7 Å². The maximum atomic E-state index is 9.37. The first-order valence-corrected chi connectivity index (χ1v) is 6.58. The molecule has 21 heavy (non-hydrogen) atoms. The first kappa shape index (κ1) is 13.8. The number of nitrogens with zero attached hydrogens (tertiary/aromatic N) is 2. The molecule has 0 aliphatic carbocycles. The van der Waals surface area contributed by atoms with Crippen molar-refractivity contribution in [2.45, 2.75) is 0 Å². The normalized spacial score (nSPS) is 10.6. The Morgan fingerprint density at radius 2 is 1.71 bits per heavy atom. The molecular weight excluding hydrogens is 290 g/mol. The van der Waals surface area contributed by atoms with Crippen molar-refractivity contribution >= 4 is 24.2 Å². The average Bonchev–Trinajstić information content (AvgIpc) is 2.97. The van der Waals surface area contributed by atoms with E-state index in [2.05, 4.69) is 10.1 Å². The predicted octanol–water partition coefficient (Wildman–Crippen LogP) is 1.74. The topological polar surface area (TPSA) is 79.4 Å². The van der Waals surface area contributed by atoms with Crippen LogP contribution in [0.3, 0.4) is 0 Å². The van der Waals surface area contributed by atoms with Crippen molar-refractivity contribution in [1.82, 2.24) is 10.1 Å². The molecule has 5 nitrogen and oxygen atoms in total. The van der Waals surface area contributed by atoms with Gasteiger partial charge in [0, 0.05) is 16.1 Å². The molecule has 3 rings (SSSR count). The van der Waals surface area contributed by atoms with Gasteiger partial charge in [0.2, 0.25) is 5.82 Å². The van der Waals surface area contributed by atoms with Crippen LogP contribution in [0.5, 0.6) is 0 Å². The summed E-state index contributed by atoms with van der Waals surface area (Å²) >= 11 is 5.83. The van der Waals surface area contributed by atoms with Gasteiger partial charge in [-0.25, -0.2) is 0 Å². The quantitative estimate of drug-likeness (QED) is 0.720. The van der Waals surface area contributed by atoms with Gasteiger partial charge < -0.3 is 14.6 Å². The molecule has 1 heterocycles. The highest BCUT2D eigenvalue weighted by atomic mass is 35.5. The van der Waals surface area contributed by atoms with Crippen LogP contribution in [0.1, 0.15) is 0 Å². The highest BCUT2D eigenvalue weighted by Gasteiger charge is 2.20. The van der Waals surface area contributed by atoms with E-state index in [0.717, 1.165) is 5.56 Å². The average molecular weight is 301 g/mol. The van der Waals surface area contributed by atoms with E-state index in [1.54, 1.807) is 48.5 Å². The molecule has 0 aliphatic heterocycles. The molecule has 104 valence electrons. The Kier molecular flexibility index (Phi) is 3.75. The van der Waals surface area contributed by atoms with Crippen LogP contribution in [0.25, 0.3) is 22.8 Å². The van der Waals surface area contributed by atoms with E-state index in [0.29, 0.717) is 27.8 Å². The molecule has 0 fully saturated rings. The third kappa shape index (κ3) is 2.83. The Balaban J connectivity index is 2.01. The van der Waals surface area contributed by atoms with Gasteiger partial charge in [0.1, 0.15) is 0 Å². The molecule has 0 aliphatic rings. The standard InChI is InChI=1S/C14H10BClN2O3/c16-10-7-5-9(6-8-10)14-17-13(18-21-14)11-3-1-2-4-12(11)15(19)20/h1-8,19-20H. The maximum absolute atomic E-state index is 9.37. The SMILES string of the molecule is OB(O)c1ccccc1-c1noc(-c2ccc(Cl)cc2)n1. The molecule has 3 aromatic rings. The van der Waals surface area contributed by atoms with Crippen molar-refractivity contribution < 1.29 is 14.6 Å². The molecular formula is C14H10BClN2O3. The van der Waals surface area contributed by atoms with Crippen LogP contribution in [0, 0.1) is 0 Å². The van der Waals surface area contributed by atoms with Gasteiger partial charge in [0.05, 0.1) is 0 Å². The van der Waals surface area contributed by atoms with E-state index in [4.69, 9.17) is 16.1 Å². The summed E-state index contributed by atoms with van der Waals surface area (Å²) in [6, 6.07) is 13.8. The number of rotatable bonds is 3. The summed E-state index contributed by atoms with van der Waals surface area (Å²) in [5.41, 5.74) is 1.57. The summed E-state index contributed by atoms with van der Waals surface area (Å²) in [5.74, 6) is 0.632. The molecule has 0 spiro atoms. The van der Waals surface area contributed by atoms with E-state index in [1.807, 2.05) is 0 Å². The third-order valence-electron chi connectivity index (χ3n) is 3.00. The number of hydrogen-bond donors (Lipinski definition) is 2. The minimum atomic E-state index is -1.60. The van der Waals surface area contributed by atoms with E-state index in [9.17, 15) is 10.0 Å². The van der Waals surface area contributed by atoms with E-state index < -0.39 is 7.12 Å². The number of halogens is 1. The van der Waals surface area contributed by atoms with Gasteiger partial charge >= 0.3 is 7.12 Å². The van der Waals surface area contributed by atoms with E-state index in [1.165, 1.54) is 0 Å². The van der Waals surface area contributed by atoms with Crippen molar-refractivity contribution in [2.75, 3.05) is 0 Å². The van der Waals surface area contributed by atoms with Crippen molar-refractivity contribution in [3.05, 3.63) is 53.6 Å². The molecule has 0 amide bonds. The summed E-state index contributed by atoms with van der Waals surface area (Å²) in [5, 5.41) is 23.3. The van der Waals surface area contributed by atoms with Crippen LogP contribution in [-0.4, -0.2) is 27.3 Å².